The zero-order valence-electron chi connectivity index (χ0n) is 30.7. The summed E-state index contributed by atoms with van der Waals surface area (Å²) in [6.07, 6.45) is 1.76. The number of aromatic nitrogens is 2. The van der Waals surface area contributed by atoms with Crippen LogP contribution in [0, 0.1) is 11.6 Å². The summed E-state index contributed by atoms with van der Waals surface area (Å²) >= 11 is 0. The van der Waals surface area contributed by atoms with Gasteiger partial charge in [0.1, 0.15) is 34.7 Å². The van der Waals surface area contributed by atoms with Gasteiger partial charge in [-0.05, 0) is 73.9 Å². The third-order valence-corrected chi connectivity index (χ3v) is 11.9. The molecule has 4 saturated heterocycles. The zero-order valence-corrected chi connectivity index (χ0v) is 30.7. The first kappa shape index (κ1) is 36.4. The normalized spacial score (nSPS) is 21.1. The summed E-state index contributed by atoms with van der Waals surface area (Å²) in [5.74, 6) is -3.90. The van der Waals surface area contributed by atoms with E-state index in [1.807, 2.05) is 6.07 Å². The smallest absolute Gasteiger partial charge is 0.262 e. The predicted octanol–water partition coefficient (Wildman–Crippen LogP) is 2.91. The van der Waals surface area contributed by atoms with Crippen LogP contribution in [-0.4, -0.2) is 111 Å². The molecule has 0 aliphatic carbocycles. The molecular formula is C40H39F2N9O6. The number of nitrogens with one attached hydrogen (secondary N) is 1. The van der Waals surface area contributed by atoms with Gasteiger partial charge in [0.05, 0.1) is 17.2 Å². The van der Waals surface area contributed by atoms with Crippen LogP contribution in [0.5, 0.6) is 11.5 Å². The molecule has 6 heterocycles. The number of hydrogen-bond donors (Lipinski definition) is 3. The molecule has 57 heavy (non-hydrogen) atoms. The number of ether oxygens (including phenoxy) is 1. The largest absolute Gasteiger partial charge is 0.454 e. The van der Waals surface area contributed by atoms with E-state index < -0.39 is 47.2 Å². The van der Waals surface area contributed by atoms with Gasteiger partial charge in [0.25, 0.3) is 17.7 Å². The molecule has 17 heteroatoms. The monoisotopic (exact) mass is 779 g/mol. The van der Waals surface area contributed by atoms with Gasteiger partial charge in [0, 0.05) is 75.1 Å². The number of benzene rings is 3. The minimum Gasteiger partial charge on any atom is -0.454 e. The highest BCUT2D eigenvalue weighted by molar-refractivity contribution is 6.23. The lowest BCUT2D eigenvalue weighted by Crippen LogP contribution is -2.70. The lowest BCUT2D eigenvalue weighted by atomic mass is 9.95. The van der Waals surface area contributed by atoms with E-state index in [9.17, 15) is 32.8 Å². The molecule has 4 aromatic rings. The number of carbonyl (C=O) groups excluding carboxylic acids is 5. The number of nitrogens with two attached hydrogens (primary N) is 2. The van der Waals surface area contributed by atoms with Gasteiger partial charge in [-0.15, -0.1) is 0 Å². The highest BCUT2D eigenvalue weighted by Crippen LogP contribution is 2.37. The maximum Gasteiger partial charge on any atom is 0.262 e. The first-order chi connectivity index (χ1) is 27.4. The number of imide groups is 2. The van der Waals surface area contributed by atoms with E-state index in [1.165, 1.54) is 6.07 Å². The Hall–Kier alpha value is -6.20. The number of rotatable bonds is 9. The summed E-state index contributed by atoms with van der Waals surface area (Å²) in [5, 5.41) is 6.99. The molecule has 5 N–H and O–H groups in total. The van der Waals surface area contributed by atoms with Crippen molar-refractivity contribution in [2.24, 2.45) is 5.73 Å². The number of fused-ring (bicyclic) bond motifs is 1. The molecule has 1 aromatic heterocycles. The van der Waals surface area contributed by atoms with Crippen LogP contribution in [0.25, 0.3) is 11.3 Å². The molecule has 0 bridgehead atoms. The van der Waals surface area contributed by atoms with Crippen LogP contribution in [-0.2, 0) is 9.59 Å². The molecule has 3 aromatic carbocycles. The minimum absolute atomic E-state index is 0.0286. The highest BCUT2D eigenvalue weighted by atomic mass is 19.1. The summed E-state index contributed by atoms with van der Waals surface area (Å²) in [4.78, 5) is 71.0. The molecule has 15 nitrogen and oxygen atoms in total. The number of anilines is 2. The van der Waals surface area contributed by atoms with E-state index in [-0.39, 0.29) is 47.1 Å². The Morgan fingerprint density at radius 1 is 0.807 bits per heavy atom. The van der Waals surface area contributed by atoms with Gasteiger partial charge in [0.15, 0.2) is 11.6 Å². The summed E-state index contributed by atoms with van der Waals surface area (Å²) in [7, 11) is 0. The van der Waals surface area contributed by atoms with Crippen molar-refractivity contribution in [3.8, 4) is 22.8 Å². The molecule has 0 radical (unpaired) electrons. The van der Waals surface area contributed by atoms with Crippen molar-refractivity contribution in [3.05, 3.63) is 89.0 Å². The Balaban J connectivity index is 0.775. The van der Waals surface area contributed by atoms with Gasteiger partial charge in [-0.1, -0.05) is 0 Å². The number of carbonyl (C=O) groups is 5. The number of hydrogen-bond acceptors (Lipinski definition) is 11. The molecular weight excluding hydrogens is 740 g/mol. The maximum atomic E-state index is 14.1. The number of halogens is 2. The summed E-state index contributed by atoms with van der Waals surface area (Å²) < 4.78 is 34.7. The van der Waals surface area contributed by atoms with E-state index in [0.717, 1.165) is 74.8 Å². The molecule has 4 fully saturated rings. The fraction of sp³-hybridized carbons (Fsp3) is 0.350. The second-order valence-corrected chi connectivity index (χ2v) is 15.2. The lowest BCUT2D eigenvalue weighted by molar-refractivity contribution is -0.136. The molecule has 0 saturated carbocycles. The third-order valence-electron chi connectivity index (χ3n) is 11.9. The molecule has 5 amide bonds. The van der Waals surface area contributed by atoms with Gasteiger partial charge >= 0.3 is 0 Å². The fourth-order valence-corrected chi connectivity index (χ4v) is 8.60. The van der Waals surface area contributed by atoms with Crippen molar-refractivity contribution in [2.75, 3.05) is 49.9 Å². The van der Waals surface area contributed by atoms with Crippen molar-refractivity contribution < 1.29 is 37.5 Å². The van der Waals surface area contributed by atoms with E-state index in [2.05, 4.69) is 20.0 Å². The van der Waals surface area contributed by atoms with E-state index in [4.69, 9.17) is 21.3 Å². The molecule has 294 valence electrons. The average Bonchev–Trinajstić information content (AvgIpc) is 3.62. The van der Waals surface area contributed by atoms with Crippen LogP contribution in [0.2, 0.25) is 0 Å². The number of primary amides is 1. The number of piperidine rings is 2. The van der Waals surface area contributed by atoms with Crippen molar-refractivity contribution in [1.29, 1.82) is 0 Å². The zero-order chi connectivity index (χ0) is 39.7. The minimum atomic E-state index is -0.994. The van der Waals surface area contributed by atoms with Crippen molar-refractivity contribution in [1.82, 2.24) is 29.8 Å². The van der Waals surface area contributed by atoms with Crippen LogP contribution in [0.1, 0.15) is 62.8 Å². The van der Waals surface area contributed by atoms with Crippen LogP contribution in [0.4, 0.5) is 20.3 Å². The van der Waals surface area contributed by atoms with Crippen LogP contribution in [0.15, 0.2) is 60.7 Å². The Kier molecular flexibility index (Phi) is 9.00. The van der Waals surface area contributed by atoms with Gasteiger partial charge in [-0.3, -0.25) is 44.0 Å². The van der Waals surface area contributed by atoms with Crippen molar-refractivity contribution in [2.45, 2.75) is 49.9 Å². The second kappa shape index (κ2) is 14.1. The average molecular weight is 780 g/mol. The molecule has 9 rings (SSSR count). The van der Waals surface area contributed by atoms with E-state index in [1.54, 1.807) is 41.1 Å². The van der Waals surface area contributed by atoms with Gasteiger partial charge in [-0.2, -0.15) is 5.10 Å². The third kappa shape index (κ3) is 6.45. The van der Waals surface area contributed by atoms with Crippen molar-refractivity contribution >= 4 is 41.0 Å². The maximum absolute atomic E-state index is 14.1. The lowest BCUT2D eigenvalue weighted by Gasteiger charge is -2.55. The topological polar surface area (TPSA) is 189 Å². The first-order valence-electron chi connectivity index (χ1n) is 18.9. The number of nitrogen functional groups attached to an aromatic ring is 1. The fourth-order valence-electron chi connectivity index (χ4n) is 8.60. The van der Waals surface area contributed by atoms with E-state index >= 15 is 0 Å². The predicted molar refractivity (Wildman–Crippen MR) is 201 cm³/mol. The van der Waals surface area contributed by atoms with Crippen LogP contribution < -0.4 is 26.4 Å². The second-order valence-electron chi connectivity index (χ2n) is 15.2. The number of likely N-dealkylation sites (tertiary alicyclic amines) is 2. The molecule has 5 aliphatic heterocycles. The number of nitrogens with zero attached hydrogens (tertiary/aromatic N) is 6. The standard InChI is InChI=1S/C40H39F2N9O6/c41-22-3-9-32(30(42)15-22)57-27-5-1-21(2-6-27)35-34(37(44)53)36(43)51(46-35)23-11-13-47(14-12-23)25-17-49(18-25)26-19-48(20-26)24-4-7-28-29(16-24)40(56)50(39(28)55)31-8-10-33(52)45-38(31)54/h1-7,9,15-16,23,25-26,31H,8,10-14,17-20,43H2,(H2,44,53)(H,45,52,54). The first-order valence-corrected chi connectivity index (χ1v) is 18.9. The molecule has 5 aliphatic rings. The van der Waals surface area contributed by atoms with Gasteiger partial charge < -0.3 is 21.1 Å². The Bertz CT molecular complexity index is 2330. The number of amides is 5. The highest BCUT2D eigenvalue weighted by Gasteiger charge is 2.46. The van der Waals surface area contributed by atoms with Gasteiger partial charge in [0.2, 0.25) is 11.8 Å². The Labute approximate surface area is 325 Å². The molecule has 0 spiro atoms. The summed E-state index contributed by atoms with van der Waals surface area (Å²) in [6, 6.07) is 14.6. The summed E-state index contributed by atoms with van der Waals surface area (Å²) in [6.45, 7) is 5.13. The van der Waals surface area contributed by atoms with Crippen molar-refractivity contribution in [3.63, 3.8) is 0 Å². The van der Waals surface area contributed by atoms with Crippen LogP contribution >= 0.6 is 0 Å². The molecule has 1 unspecified atom stereocenters. The Morgan fingerprint density at radius 2 is 1.51 bits per heavy atom. The Morgan fingerprint density at radius 3 is 2.19 bits per heavy atom. The summed E-state index contributed by atoms with van der Waals surface area (Å²) in [5.41, 5.74) is 14.7. The van der Waals surface area contributed by atoms with E-state index in [0.29, 0.717) is 29.1 Å². The van der Waals surface area contributed by atoms with Crippen LogP contribution in [0.3, 0.4) is 0 Å². The SMILES string of the molecule is NC(=O)c1c(-c2ccc(Oc3ccc(F)cc3F)cc2)nn(C2CCN(C3CN(C4CN(c5ccc6c(c5)C(=O)N(C5CCC(=O)NC5=O)C6=O)C4)C3)CC2)c1N. The quantitative estimate of drug-likeness (QED) is 0.212. The molecule has 1 atom stereocenters. The van der Waals surface area contributed by atoms with Gasteiger partial charge in [-0.25, -0.2) is 13.5 Å².